The Morgan fingerprint density at radius 3 is 2.56 bits per heavy atom. The van der Waals surface area contributed by atoms with E-state index in [-0.39, 0.29) is 0 Å². The zero-order chi connectivity index (χ0) is 13.1. The van der Waals surface area contributed by atoms with Gasteiger partial charge in [-0.25, -0.2) is 4.98 Å². The van der Waals surface area contributed by atoms with Crippen molar-refractivity contribution in [1.82, 2.24) is 15.2 Å². The second-order valence-corrected chi connectivity index (χ2v) is 5.29. The molecule has 1 aliphatic rings. The summed E-state index contributed by atoms with van der Waals surface area (Å²) in [5, 5.41) is 3.15. The van der Waals surface area contributed by atoms with Crippen LogP contribution in [0.1, 0.15) is 19.5 Å². The summed E-state index contributed by atoms with van der Waals surface area (Å²) in [6.07, 6.45) is 0. The average molecular weight is 248 g/mol. The van der Waals surface area contributed by atoms with Crippen LogP contribution in [0, 0.1) is 0 Å². The lowest BCUT2D eigenvalue weighted by Gasteiger charge is -2.43. The highest BCUT2D eigenvalue weighted by Gasteiger charge is 2.27. The fraction of sp³-hybridized carbons (Fsp3) is 0.643. The fourth-order valence-corrected chi connectivity index (χ4v) is 2.51. The number of pyridine rings is 1. The molecule has 0 amide bonds. The van der Waals surface area contributed by atoms with Crippen LogP contribution in [0.3, 0.4) is 0 Å². The monoisotopic (exact) mass is 248 g/mol. The quantitative estimate of drug-likeness (QED) is 0.874. The number of hydrogen-bond donors (Lipinski definition) is 1. The van der Waals surface area contributed by atoms with Crippen LogP contribution in [0.15, 0.2) is 18.2 Å². The van der Waals surface area contributed by atoms with Gasteiger partial charge < -0.3 is 10.2 Å². The highest BCUT2D eigenvalue weighted by atomic mass is 15.3. The van der Waals surface area contributed by atoms with Crippen molar-refractivity contribution in [3.8, 4) is 0 Å². The summed E-state index contributed by atoms with van der Waals surface area (Å²) in [6, 6.07) is 7.43. The maximum atomic E-state index is 4.72. The Hall–Kier alpha value is -1.13. The SMILES string of the molecule is CNCc1cccc(N2CC(C)N(C)C(C)C2)n1. The molecule has 2 unspecified atom stereocenters. The number of likely N-dealkylation sites (N-methyl/N-ethyl adjacent to an activating group) is 1. The molecule has 0 saturated carbocycles. The number of piperazine rings is 1. The Kier molecular flexibility index (Phi) is 4.19. The van der Waals surface area contributed by atoms with Crippen molar-refractivity contribution in [2.45, 2.75) is 32.5 Å². The molecular formula is C14H24N4. The molecule has 2 rings (SSSR count). The van der Waals surface area contributed by atoms with Gasteiger partial charge in [0.1, 0.15) is 5.82 Å². The van der Waals surface area contributed by atoms with E-state index in [0.717, 1.165) is 31.1 Å². The van der Waals surface area contributed by atoms with Crippen LogP contribution in [-0.2, 0) is 6.54 Å². The maximum absolute atomic E-state index is 4.72. The molecule has 1 aliphatic heterocycles. The van der Waals surface area contributed by atoms with Crippen LogP contribution in [0.2, 0.25) is 0 Å². The van der Waals surface area contributed by atoms with E-state index in [1.165, 1.54) is 0 Å². The van der Waals surface area contributed by atoms with Crippen LogP contribution in [0.25, 0.3) is 0 Å². The van der Waals surface area contributed by atoms with E-state index in [1.54, 1.807) is 0 Å². The molecule has 100 valence electrons. The molecule has 2 heterocycles. The first kappa shape index (κ1) is 13.3. The van der Waals surface area contributed by atoms with Crippen molar-refractivity contribution in [1.29, 1.82) is 0 Å². The van der Waals surface area contributed by atoms with Crippen LogP contribution < -0.4 is 10.2 Å². The van der Waals surface area contributed by atoms with Crippen molar-refractivity contribution in [3.63, 3.8) is 0 Å². The van der Waals surface area contributed by atoms with E-state index in [4.69, 9.17) is 4.98 Å². The molecule has 18 heavy (non-hydrogen) atoms. The van der Waals surface area contributed by atoms with E-state index in [1.807, 2.05) is 7.05 Å². The number of aromatic nitrogens is 1. The van der Waals surface area contributed by atoms with Crippen molar-refractivity contribution >= 4 is 5.82 Å². The summed E-state index contributed by atoms with van der Waals surface area (Å²) < 4.78 is 0. The van der Waals surface area contributed by atoms with Crippen LogP contribution >= 0.6 is 0 Å². The van der Waals surface area contributed by atoms with Crippen LogP contribution in [0.4, 0.5) is 5.82 Å². The third kappa shape index (κ3) is 2.82. The highest BCUT2D eigenvalue weighted by Crippen LogP contribution is 2.19. The topological polar surface area (TPSA) is 31.4 Å². The summed E-state index contributed by atoms with van der Waals surface area (Å²) in [4.78, 5) is 9.56. The predicted octanol–water partition coefficient (Wildman–Crippen LogP) is 1.33. The minimum Gasteiger partial charge on any atom is -0.353 e. The summed E-state index contributed by atoms with van der Waals surface area (Å²) in [5.74, 6) is 1.11. The largest absolute Gasteiger partial charge is 0.353 e. The molecule has 4 nitrogen and oxygen atoms in total. The third-order valence-electron chi connectivity index (χ3n) is 3.83. The van der Waals surface area contributed by atoms with Gasteiger partial charge in [-0.3, -0.25) is 4.90 Å². The van der Waals surface area contributed by atoms with Gasteiger partial charge in [0, 0.05) is 31.7 Å². The molecule has 2 atom stereocenters. The Morgan fingerprint density at radius 2 is 1.94 bits per heavy atom. The Balaban J connectivity index is 2.13. The van der Waals surface area contributed by atoms with E-state index in [0.29, 0.717) is 12.1 Å². The summed E-state index contributed by atoms with van der Waals surface area (Å²) in [6.45, 7) is 7.49. The van der Waals surface area contributed by atoms with Gasteiger partial charge in [-0.15, -0.1) is 0 Å². The van der Waals surface area contributed by atoms with E-state index < -0.39 is 0 Å². The molecule has 1 aromatic rings. The zero-order valence-corrected chi connectivity index (χ0v) is 11.8. The van der Waals surface area contributed by atoms with Crippen molar-refractivity contribution in [2.75, 3.05) is 32.1 Å². The lowest BCUT2D eigenvalue weighted by atomic mass is 10.1. The highest BCUT2D eigenvalue weighted by molar-refractivity contribution is 5.40. The van der Waals surface area contributed by atoms with Crippen LogP contribution in [-0.4, -0.2) is 49.2 Å². The summed E-state index contributed by atoms with van der Waals surface area (Å²) in [5.41, 5.74) is 1.11. The summed E-state index contributed by atoms with van der Waals surface area (Å²) in [7, 11) is 4.16. The van der Waals surface area contributed by atoms with Gasteiger partial charge in [0.2, 0.25) is 0 Å². The molecule has 0 aliphatic carbocycles. The number of hydrogen-bond acceptors (Lipinski definition) is 4. The number of rotatable bonds is 3. The molecule has 1 aromatic heterocycles. The Labute approximate surface area is 110 Å². The molecule has 1 N–H and O–H groups in total. The molecule has 0 aromatic carbocycles. The minimum atomic E-state index is 0.573. The van der Waals surface area contributed by atoms with E-state index in [9.17, 15) is 0 Å². The van der Waals surface area contributed by atoms with Gasteiger partial charge in [-0.2, -0.15) is 0 Å². The van der Waals surface area contributed by atoms with E-state index >= 15 is 0 Å². The second-order valence-electron chi connectivity index (χ2n) is 5.29. The van der Waals surface area contributed by atoms with Gasteiger partial charge in [-0.1, -0.05) is 6.07 Å². The van der Waals surface area contributed by atoms with Gasteiger partial charge in [-0.05, 0) is 40.1 Å². The standard InChI is InChI=1S/C14H24N4/c1-11-9-18(10-12(2)17(11)4)14-7-5-6-13(16-14)8-15-3/h5-7,11-12,15H,8-10H2,1-4H3. The lowest BCUT2D eigenvalue weighted by Crippen LogP contribution is -2.55. The first-order chi connectivity index (χ1) is 8.61. The Bertz CT molecular complexity index is 381. The molecule has 1 saturated heterocycles. The zero-order valence-electron chi connectivity index (χ0n) is 11.8. The first-order valence-electron chi connectivity index (χ1n) is 6.69. The molecule has 1 fully saturated rings. The molecule has 4 heteroatoms. The van der Waals surface area contributed by atoms with Crippen molar-refractivity contribution in [3.05, 3.63) is 23.9 Å². The van der Waals surface area contributed by atoms with Gasteiger partial charge in [0.05, 0.1) is 5.69 Å². The third-order valence-corrected chi connectivity index (χ3v) is 3.83. The van der Waals surface area contributed by atoms with E-state index in [2.05, 4.69) is 54.2 Å². The van der Waals surface area contributed by atoms with Gasteiger partial charge >= 0.3 is 0 Å². The first-order valence-corrected chi connectivity index (χ1v) is 6.69. The van der Waals surface area contributed by atoms with Crippen molar-refractivity contribution < 1.29 is 0 Å². The fourth-order valence-electron chi connectivity index (χ4n) is 2.51. The number of anilines is 1. The van der Waals surface area contributed by atoms with Gasteiger partial charge in [0.25, 0.3) is 0 Å². The Morgan fingerprint density at radius 1 is 1.28 bits per heavy atom. The molecular weight excluding hydrogens is 224 g/mol. The van der Waals surface area contributed by atoms with Crippen molar-refractivity contribution in [2.24, 2.45) is 0 Å². The molecule has 0 radical (unpaired) electrons. The average Bonchev–Trinajstić information content (AvgIpc) is 2.36. The predicted molar refractivity (Wildman–Crippen MR) is 75.9 cm³/mol. The van der Waals surface area contributed by atoms with Crippen LogP contribution in [0.5, 0.6) is 0 Å². The maximum Gasteiger partial charge on any atom is 0.128 e. The molecule has 0 bridgehead atoms. The van der Waals surface area contributed by atoms with Gasteiger partial charge in [0.15, 0.2) is 0 Å². The number of nitrogens with one attached hydrogen (secondary N) is 1. The molecule has 0 spiro atoms. The number of nitrogens with zero attached hydrogens (tertiary/aromatic N) is 3. The normalized spacial score (nSPS) is 25.4. The smallest absolute Gasteiger partial charge is 0.128 e. The minimum absolute atomic E-state index is 0.573. The lowest BCUT2D eigenvalue weighted by molar-refractivity contribution is 0.169. The second kappa shape index (κ2) is 5.67. The summed E-state index contributed by atoms with van der Waals surface area (Å²) >= 11 is 0.